The molecule has 1 aromatic heterocycles. The van der Waals surface area contributed by atoms with E-state index in [0.29, 0.717) is 23.5 Å². The van der Waals surface area contributed by atoms with Gasteiger partial charge in [-0.1, -0.05) is 18.2 Å². The number of alkyl halides is 3. The minimum absolute atomic E-state index is 0.105. The van der Waals surface area contributed by atoms with Crippen LogP contribution in [0.4, 0.5) is 24.7 Å². The second kappa shape index (κ2) is 8.70. The highest BCUT2D eigenvalue weighted by Gasteiger charge is 2.38. The van der Waals surface area contributed by atoms with Crippen molar-refractivity contribution < 1.29 is 13.2 Å². The Labute approximate surface area is 196 Å². The highest BCUT2D eigenvalue weighted by atomic mass is 19.4. The van der Waals surface area contributed by atoms with Gasteiger partial charge in [-0.05, 0) is 69.1 Å². The fraction of sp³-hybridized carbons (Fsp3) is 0.440. The van der Waals surface area contributed by atoms with Crippen molar-refractivity contribution in [3.8, 4) is 0 Å². The van der Waals surface area contributed by atoms with Crippen molar-refractivity contribution in [3.05, 3.63) is 59.3 Å². The Morgan fingerprint density at radius 1 is 1.12 bits per heavy atom. The zero-order valence-corrected chi connectivity index (χ0v) is 19.3. The Morgan fingerprint density at radius 3 is 2.74 bits per heavy atom. The van der Waals surface area contributed by atoms with E-state index in [1.54, 1.807) is 12.3 Å². The number of nitrogens with zero attached hydrogens (tertiary/aromatic N) is 4. The number of piperidine rings is 1. The zero-order valence-electron chi connectivity index (χ0n) is 19.3. The van der Waals surface area contributed by atoms with E-state index < -0.39 is 17.9 Å². The summed E-state index contributed by atoms with van der Waals surface area (Å²) in [5.74, 6) is 0.458. The van der Waals surface area contributed by atoms with Gasteiger partial charge in [0.05, 0.1) is 11.8 Å². The molecule has 3 aromatic rings. The lowest BCUT2D eigenvalue weighted by Gasteiger charge is -2.38. The third kappa shape index (κ3) is 4.07. The fourth-order valence-electron chi connectivity index (χ4n) is 5.61. The molecule has 0 saturated carbocycles. The molecule has 2 saturated heterocycles. The van der Waals surface area contributed by atoms with Crippen molar-refractivity contribution in [1.82, 2.24) is 15.1 Å². The van der Waals surface area contributed by atoms with E-state index in [2.05, 4.69) is 44.5 Å². The van der Waals surface area contributed by atoms with E-state index in [1.165, 1.54) is 25.8 Å². The summed E-state index contributed by atoms with van der Waals surface area (Å²) >= 11 is 0. The average molecular weight is 471 g/mol. The Hall–Kier alpha value is -2.91. The van der Waals surface area contributed by atoms with Crippen LogP contribution in [-0.2, 0) is 6.18 Å². The predicted molar refractivity (Wildman–Crippen MR) is 128 cm³/mol. The van der Waals surface area contributed by atoms with Gasteiger partial charge in [-0.2, -0.15) is 18.3 Å². The van der Waals surface area contributed by atoms with E-state index in [1.807, 2.05) is 6.07 Å². The lowest BCUT2D eigenvalue weighted by atomic mass is 9.97. The number of halogens is 3. The maximum atomic E-state index is 13.4. The molecule has 3 heterocycles. The highest BCUT2D eigenvalue weighted by molar-refractivity contribution is 5.93. The molecule has 2 aromatic carbocycles. The molecule has 2 aliphatic rings. The molecular formula is C25H29F3N6. The molecule has 2 fully saturated rings. The van der Waals surface area contributed by atoms with Gasteiger partial charge in [0, 0.05) is 35.1 Å². The second-order valence-electron chi connectivity index (χ2n) is 9.34. The van der Waals surface area contributed by atoms with Crippen LogP contribution in [0.1, 0.15) is 42.1 Å². The summed E-state index contributed by atoms with van der Waals surface area (Å²) in [4.78, 5) is 4.94. The Balaban J connectivity index is 1.46. The van der Waals surface area contributed by atoms with Gasteiger partial charge in [-0.15, -0.1) is 5.10 Å². The topological polar surface area (TPSA) is 70.3 Å². The normalized spacial score (nSPS) is 22.1. The SMILES string of the molecule is Cc1c([C@@H](N)Nc2nncc3ccc(N4CCC5C4CCCN5C)cc23)cccc1C(F)(F)F. The monoisotopic (exact) mass is 470 g/mol. The maximum absolute atomic E-state index is 13.4. The van der Waals surface area contributed by atoms with E-state index in [0.717, 1.165) is 42.0 Å². The van der Waals surface area contributed by atoms with Crippen LogP contribution < -0.4 is 16.0 Å². The van der Waals surface area contributed by atoms with Gasteiger partial charge >= 0.3 is 6.18 Å². The lowest BCUT2D eigenvalue weighted by molar-refractivity contribution is -0.138. The zero-order chi connectivity index (χ0) is 24.0. The number of benzene rings is 2. The van der Waals surface area contributed by atoms with Crippen molar-refractivity contribution >= 4 is 22.3 Å². The number of fused-ring (bicyclic) bond motifs is 2. The Bertz CT molecular complexity index is 1200. The van der Waals surface area contributed by atoms with Gasteiger partial charge < -0.3 is 20.9 Å². The number of hydrogen-bond acceptors (Lipinski definition) is 6. The number of likely N-dealkylation sites (tertiary alicyclic amines) is 1. The molecule has 3 atom stereocenters. The van der Waals surface area contributed by atoms with E-state index in [-0.39, 0.29) is 5.56 Å². The van der Waals surface area contributed by atoms with Crippen LogP contribution in [-0.4, -0.2) is 47.3 Å². The molecule has 6 nitrogen and oxygen atoms in total. The highest BCUT2D eigenvalue weighted by Crippen LogP contribution is 2.37. The van der Waals surface area contributed by atoms with Gasteiger partial charge in [0.25, 0.3) is 0 Å². The number of aromatic nitrogens is 2. The van der Waals surface area contributed by atoms with Crippen LogP contribution in [0.2, 0.25) is 0 Å². The standard InChI is InChI=1S/C25H29F3N6/c1-15-18(5-3-6-20(15)25(26,27)28)23(29)31-24-19-13-17(9-8-16(19)14-30-32-24)34-12-10-21-22(34)7-4-11-33(21)2/h3,5-6,8-9,13-14,21-23H,4,7,10-12,29H2,1-2H3,(H,31,32)/t21?,22?,23-/m0/s1. The minimum Gasteiger partial charge on any atom is -0.367 e. The summed E-state index contributed by atoms with van der Waals surface area (Å²) in [5.41, 5.74) is 7.24. The number of hydrogen-bond donors (Lipinski definition) is 2. The first kappa shape index (κ1) is 22.9. The van der Waals surface area contributed by atoms with Crippen molar-refractivity contribution in [2.45, 2.75) is 50.6 Å². The first-order chi connectivity index (χ1) is 16.2. The molecule has 0 bridgehead atoms. The quantitative estimate of drug-likeness (QED) is 0.539. The smallest absolute Gasteiger partial charge is 0.367 e. The van der Waals surface area contributed by atoms with E-state index in [4.69, 9.17) is 5.73 Å². The molecule has 0 amide bonds. The molecule has 180 valence electrons. The number of nitrogens with two attached hydrogens (primary N) is 1. The van der Waals surface area contributed by atoms with Gasteiger partial charge in [-0.3, -0.25) is 0 Å². The third-order valence-corrected chi connectivity index (χ3v) is 7.37. The van der Waals surface area contributed by atoms with Crippen LogP contribution in [0.15, 0.2) is 42.6 Å². The van der Waals surface area contributed by atoms with Gasteiger partial charge in [0.2, 0.25) is 0 Å². The summed E-state index contributed by atoms with van der Waals surface area (Å²) in [6.45, 7) is 3.58. The van der Waals surface area contributed by atoms with Crippen LogP contribution >= 0.6 is 0 Å². The van der Waals surface area contributed by atoms with Crippen molar-refractivity contribution in [2.75, 3.05) is 30.4 Å². The first-order valence-corrected chi connectivity index (χ1v) is 11.6. The third-order valence-electron chi connectivity index (χ3n) is 7.37. The molecule has 0 aliphatic carbocycles. The Morgan fingerprint density at radius 2 is 1.94 bits per heavy atom. The lowest BCUT2D eigenvalue weighted by Crippen LogP contribution is -2.47. The first-order valence-electron chi connectivity index (χ1n) is 11.6. The fourth-order valence-corrected chi connectivity index (χ4v) is 5.61. The van der Waals surface area contributed by atoms with Crippen molar-refractivity contribution in [1.29, 1.82) is 0 Å². The summed E-state index contributed by atoms with van der Waals surface area (Å²) in [5, 5.41) is 13.2. The molecule has 34 heavy (non-hydrogen) atoms. The van der Waals surface area contributed by atoms with Crippen LogP contribution in [0.3, 0.4) is 0 Å². The van der Waals surface area contributed by atoms with Gasteiger partial charge in [0.1, 0.15) is 6.17 Å². The molecular weight excluding hydrogens is 441 g/mol. The van der Waals surface area contributed by atoms with Crippen LogP contribution in [0, 0.1) is 6.92 Å². The number of likely N-dealkylation sites (N-methyl/N-ethyl adjacent to an activating group) is 1. The molecule has 3 N–H and O–H groups in total. The van der Waals surface area contributed by atoms with Crippen LogP contribution in [0.25, 0.3) is 10.8 Å². The molecule has 5 rings (SSSR count). The van der Waals surface area contributed by atoms with E-state index in [9.17, 15) is 13.2 Å². The largest absolute Gasteiger partial charge is 0.416 e. The molecule has 0 spiro atoms. The second-order valence-corrected chi connectivity index (χ2v) is 9.34. The predicted octanol–water partition coefficient (Wildman–Crippen LogP) is 4.70. The summed E-state index contributed by atoms with van der Waals surface area (Å²) in [7, 11) is 2.20. The summed E-state index contributed by atoms with van der Waals surface area (Å²) in [6, 6.07) is 11.3. The minimum atomic E-state index is -4.44. The van der Waals surface area contributed by atoms with Crippen molar-refractivity contribution in [2.24, 2.45) is 5.73 Å². The maximum Gasteiger partial charge on any atom is 0.416 e. The van der Waals surface area contributed by atoms with Crippen LogP contribution in [0.5, 0.6) is 0 Å². The Kier molecular flexibility index (Phi) is 5.85. The molecule has 2 unspecified atom stereocenters. The van der Waals surface area contributed by atoms with Crippen molar-refractivity contribution in [3.63, 3.8) is 0 Å². The number of rotatable bonds is 4. The molecule has 9 heteroatoms. The van der Waals surface area contributed by atoms with E-state index >= 15 is 0 Å². The number of anilines is 2. The number of nitrogens with one attached hydrogen (secondary N) is 1. The van der Waals surface area contributed by atoms with Gasteiger partial charge in [-0.25, -0.2) is 0 Å². The van der Waals surface area contributed by atoms with Gasteiger partial charge in [0.15, 0.2) is 5.82 Å². The summed E-state index contributed by atoms with van der Waals surface area (Å²) in [6.07, 6.45) is -0.119. The average Bonchev–Trinajstić information content (AvgIpc) is 3.24. The molecule has 0 radical (unpaired) electrons. The summed E-state index contributed by atoms with van der Waals surface area (Å²) < 4.78 is 40.1. The molecule has 2 aliphatic heterocycles.